The summed E-state index contributed by atoms with van der Waals surface area (Å²) in [6.45, 7) is 1.79. The van der Waals surface area contributed by atoms with Crippen molar-refractivity contribution in [3.05, 3.63) is 46.3 Å². The van der Waals surface area contributed by atoms with Crippen LogP contribution in [0.25, 0.3) is 0 Å². The number of hydrogen-bond donors (Lipinski definition) is 2. The second-order valence-electron chi connectivity index (χ2n) is 4.33. The smallest absolute Gasteiger partial charge is 0.250 e. The van der Waals surface area contributed by atoms with Crippen molar-refractivity contribution in [2.75, 3.05) is 10.6 Å². The summed E-state index contributed by atoms with van der Waals surface area (Å²) in [5.74, 6) is 1.87. The lowest BCUT2D eigenvalue weighted by Gasteiger charge is -2.09. The predicted molar refractivity (Wildman–Crippen MR) is 84.1 cm³/mol. The Morgan fingerprint density at radius 3 is 2.55 bits per heavy atom. The van der Waals surface area contributed by atoms with E-state index in [0.29, 0.717) is 33.1 Å². The zero-order valence-corrected chi connectivity index (χ0v) is 12.9. The molecule has 2 heterocycles. The van der Waals surface area contributed by atoms with Crippen LogP contribution < -0.4 is 10.6 Å². The van der Waals surface area contributed by atoms with Crippen LogP contribution in [0.3, 0.4) is 0 Å². The van der Waals surface area contributed by atoms with Gasteiger partial charge in [-0.15, -0.1) is 5.10 Å². The van der Waals surface area contributed by atoms with Crippen LogP contribution >= 0.6 is 23.2 Å². The van der Waals surface area contributed by atoms with Gasteiger partial charge in [0.25, 0.3) is 0 Å². The molecule has 0 aliphatic heterocycles. The molecule has 1 aromatic carbocycles. The number of anilines is 4. The molecule has 0 fully saturated rings. The van der Waals surface area contributed by atoms with E-state index < -0.39 is 0 Å². The first-order valence-corrected chi connectivity index (χ1v) is 6.98. The Hall–Kier alpha value is -2.38. The molecule has 0 saturated carbocycles. The molecule has 22 heavy (non-hydrogen) atoms. The monoisotopic (exact) mass is 336 g/mol. The van der Waals surface area contributed by atoms with Crippen LogP contribution in [0, 0.1) is 6.92 Å². The van der Waals surface area contributed by atoms with E-state index in [1.165, 1.54) is 6.20 Å². The van der Waals surface area contributed by atoms with Gasteiger partial charge in [0.2, 0.25) is 5.95 Å². The first-order valence-electron chi connectivity index (χ1n) is 6.23. The van der Waals surface area contributed by atoms with Crippen molar-refractivity contribution in [2.24, 2.45) is 0 Å². The van der Waals surface area contributed by atoms with E-state index in [0.717, 1.165) is 0 Å². The molecule has 0 unspecified atom stereocenters. The molecule has 3 rings (SSSR count). The summed E-state index contributed by atoms with van der Waals surface area (Å²) in [5, 5.41) is 18.4. The Balaban J connectivity index is 1.82. The van der Waals surface area contributed by atoms with Crippen molar-refractivity contribution in [1.29, 1.82) is 0 Å². The van der Waals surface area contributed by atoms with Gasteiger partial charge in [0, 0.05) is 6.07 Å². The van der Waals surface area contributed by atoms with Gasteiger partial charge in [-0.2, -0.15) is 10.1 Å². The Morgan fingerprint density at radius 2 is 1.86 bits per heavy atom. The highest BCUT2D eigenvalue weighted by Crippen LogP contribution is 2.31. The van der Waals surface area contributed by atoms with Gasteiger partial charge in [0.1, 0.15) is 5.76 Å². The highest BCUT2D eigenvalue weighted by molar-refractivity contribution is 6.39. The molecule has 112 valence electrons. The molecule has 0 aliphatic carbocycles. The second-order valence-corrected chi connectivity index (χ2v) is 5.15. The molecular formula is C13H10Cl2N6O. The predicted octanol–water partition coefficient (Wildman–Crippen LogP) is 3.96. The van der Waals surface area contributed by atoms with Crippen molar-refractivity contribution in [3.63, 3.8) is 0 Å². The number of para-hydroxylation sites is 1. The number of aryl methyl sites for hydroxylation is 1. The lowest BCUT2D eigenvalue weighted by Crippen LogP contribution is -2.03. The maximum Gasteiger partial charge on any atom is 0.250 e. The van der Waals surface area contributed by atoms with Gasteiger partial charge < -0.3 is 15.2 Å². The Morgan fingerprint density at radius 1 is 1.09 bits per heavy atom. The average Bonchev–Trinajstić information content (AvgIpc) is 2.89. The lowest BCUT2D eigenvalue weighted by atomic mass is 10.3. The summed E-state index contributed by atoms with van der Waals surface area (Å²) < 4.78 is 4.96. The van der Waals surface area contributed by atoms with Crippen LogP contribution in [0.4, 0.5) is 23.3 Å². The normalized spacial score (nSPS) is 10.5. The molecule has 0 atom stereocenters. The summed E-state index contributed by atoms with van der Waals surface area (Å²) >= 11 is 12.2. The topological polar surface area (TPSA) is 88.8 Å². The minimum Gasteiger partial charge on any atom is -0.360 e. The third-order valence-electron chi connectivity index (χ3n) is 2.64. The number of aromatic nitrogens is 4. The van der Waals surface area contributed by atoms with Crippen LogP contribution in [0.2, 0.25) is 10.0 Å². The van der Waals surface area contributed by atoms with E-state index in [2.05, 4.69) is 31.0 Å². The largest absolute Gasteiger partial charge is 0.360 e. The molecule has 3 aromatic rings. The summed E-state index contributed by atoms with van der Waals surface area (Å²) in [6, 6.07) is 6.92. The van der Waals surface area contributed by atoms with E-state index >= 15 is 0 Å². The molecule has 0 spiro atoms. The highest BCUT2D eigenvalue weighted by atomic mass is 35.5. The van der Waals surface area contributed by atoms with E-state index in [9.17, 15) is 0 Å². The molecule has 7 nitrogen and oxygen atoms in total. The molecular weight excluding hydrogens is 327 g/mol. The molecule has 0 amide bonds. The van der Waals surface area contributed by atoms with E-state index in [1.807, 2.05) is 0 Å². The van der Waals surface area contributed by atoms with Crippen molar-refractivity contribution in [1.82, 2.24) is 20.3 Å². The van der Waals surface area contributed by atoms with Crippen LogP contribution in [0.5, 0.6) is 0 Å². The number of nitrogens with zero attached hydrogens (tertiary/aromatic N) is 4. The summed E-state index contributed by atoms with van der Waals surface area (Å²) in [7, 11) is 0. The number of hydrogen-bond acceptors (Lipinski definition) is 7. The standard InChI is InChI=1S/C13H10Cl2N6O/c1-7-5-10(21-22-7)18-13-19-11(6-16-20-13)17-12-8(14)3-2-4-9(12)15/h2-6H,1H3,(H2,17,18,19,20,21). The Kier molecular flexibility index (Phi) is 4.08. The fourth-order valence-electron chi connectivity index (χ4n) is 1.70. The van der Waals surface area contributed by atoms with Crippen LogP contribution in [-0.4, -0.2) is 20.3 Å². The SMILES string of the molecule is Cc1cc(Nc2nncc(Nc3c(Cl)cccc3Cl)n2)no1. The minimum absolute atomic E-state index is 0.265. The average molecular weight is 337 g/mol. The molecule has 0 aliphatic rings. The fraction of sp³-hybridized carbons (Fsp3) is 0.0769. The maximum atomic E-state index is 6.10. The number of nitrogens with one attached hydrogen (secondary N) is 2. The first kappa shape index (κ1) is 14.6. The summed E-state index contributed by atoms with van der Waals surface area (Å²) in [4.78, 5) is 4.26. The Bertz CT molecular complexity index is 786. The summed E-state index contributed by atoms with van der Waals surface area (Å²) in [6.07, 6.45) is 1.46. The van der Waals surface area contributed by atoms with Crippen molar-refractivity contribution < 1.29 is 4.52 Å². The lowest BCUT2D eigenvalue weighted by molar-refractivity contribution is 0.400. The van der Waals surface area contributed by atoms with Gasteiger partial charge in [-0.1, -0.05) is 34.4 Å². The molecule has 9 heteroatoms. The number of rotatable bonds is 4. The fourth-order valence-corrected chi connectivity index (χ4v) is 2.19. The van der Waals surface area contributed by atoms with Crippen LogP contribution in [0.15, 0.2) is 35.0 Å². The molecule has 0 radical (unpaired) electrons. The zero-order chi connectivity index (χ0) is 15.5. The van der Waals surface area contributed by atoms with Gasteiger partial charge in [-0.05, 0) is 19.1 Å². The van der Waals surface area contributed by atoms with Crippen molar-refractivity contribution in [3.8, 4) is 0 Å². The van der Waals surface area contributed by atoms with Crippen LogP contribution in [0.1, 0.15) is 5.76 Å². The van der Waals surface area contributed by atoms with Crippen molar-refractivity contribution in [2.45, 2.75) is 6.92 Å². The van der Waals surface area contributed by atoms with Crippen molar-refractivity contribution >= 4 is 46.5 Å². The van der Waals surface area contributed by atoms with Gasteiger partial charge >= 0.3 is 0 Å². The third kappa shape index (κ3) is 3.26. The molecule has 2 N–H and O–H groups in total. The van der Waals surface area contributed by atoms with Gasteiger partial charge in [-0.3, -0.25) is 0 Å². The van der Waals surface area contributed by atoms with E-state index in [-0.39, 0.29) is 5.95 Å². The van der Waals surface area contributed by atoms with Gasteiger partial charge in [0.15, 0.2) is 11.6 Å². The number of benzene rings is 1. The summed E-state index contributed by atoms with van der Waals surface area (Å²) in [5.41, 5.74) is 0.551. The molecule has 2 aromatic heterocycles. The van der Waals surface area contributed by atoms with Gasteiger partial charge in [0.05, 0.1) is 21.9 Å². The van der Waals surface area contributed by atoms with E-state index in [4.69, 9.17) is 27.7 Å². The van der Waals surface area contributed by atoms with Crippen LogP contribution in [-0.2, 0) is 0 Å². The Labute approximate surface area is 135 Å². The number of halogens is 2. The molecule has 0 saturated heterocycles. The molecule has 0 bridgehead atoms. The zero-order valence-electron chi connectivity index (χ0n) is 11.3. The minimum atomic E-state index is 0.265. The third-order valence-corrected chi connectivity index (χ3v) is 3.27. The first-order chi connectivity index (χ1) is 10.6. The highest BCUT2D eigenvalue weighted by Gasteiger charge is 2.09. The quantitative estimate of drug-likeness (QED) is 0.745. The second kappa shape index (κ2) is 6.17. The van der Waals surface area contributed by atoms with E-state index in [1.54, 1.807) is 31.2 Å². The maximum absolute atomic E-state index is 6.10. The van der Waals surface area contributed by atoms with Gasteiger partial charge in [-0.25, -0.2) is 0 Å².